The highest BCUT2D eigenvalue weighted by atomic mass is 16.7. The molecule has 15 heteroatoms. The molecule has 0 unspecified atom stereocenters. The number of para-hydroxylation sites is 2. The van der Waals surface area contributed by atoms with Crippen molar-refractivity contribution >= 4 is 57.3 Å². The van der Waals surface area contributed by atoms with Gasteiger partial charge in [-0.05, 0) is 81.8 Å². The normalized spacial score (nSPS) is 10.9. The third-order valence-electron chi connectivity index (χ3n) is 7.99. The van der Waals surface area contributed by atoms with E-state index in [4.69, 9.17) is 9.47 Å². The maximum Gasteiger partial charge on any atom is 0.294 e. The SMILES string of the molecule is CCOC(CCCN(CCC(=O)Nc1ccc(Nc2ccccc2)c([N+](=O)[O-])c1)CCC(=O)Nc1ccc(Nc2ccccc2)c([N+](=O)[O-])c1)OCC. The van der Waals surface area contributed by atoms with Gasteiger partial charge in [0.1, 0.15) is 11.4 Å². The molecule has 0 radical (unpaired) electrons. The van der Waals surface area contributed by atoms with E-state index in [9.17, 15) is 29.8 Å². The average Bonchev–Trinajstić information content (AvgIpc) is 3.14. The molecule has 4 aromatic carbocycles. The number of amides is 2. The molecule has 0 bridgehead atoms. The number of hydrogen-bond acceptors (Lipinski definition) is 11. The largest absolute Gasteiger partial charge is 0.353 e. The second kappa shape index (κ2) is 20.8. The van der Waals surface area contributed by atoms with Crippen LogP contribution in [0, 0.1) is 20.2 Å². The Hall–Kier alpha value is -5.90. The van der Waals surface area contributed by atoms with Crippen LogP contribution < -0.4 is 21.3 Å². The first-order valence-corrected chi connectivity index (χ1v) is 17.4. The van der Waals surface area contributed by atoms with Gasteiger partial charge < -0.3 is 35.6 Å². The van der Waals surface area contributed by atoms with E-state index in [1.807, 2.05) is 55.1 Å². The highest BCUT2D eigenvalue weighted by Gasteiger charge is 2.19. The number of carbonyl (C=O) groups excluding carboxylic acids is 2. The molecule has 53 heavy (non-hydrogen) atoms. The number of rotatable bonds is 22. The van der Waals surface area contributed by atoms with E-state index in [1.54, 1.807) is 48.5 Å². The van der Waals surface area contributed by atoms with Crippen molar-refractivity contribution in [1.82, 2.24) is 4.90 Å². The Morgan fingerprint density at radius 3 is 1.47 bits per heavy atom. The van der Waals surface area contributed by atoms with E-state index >= 15 is 0 Å². The van der Waals surface area contributed by atoms with Gasteiger partial charge in [0.2, 0.25) is 11.8 Å². The molecule has 0 aliphatic carbocycles. The van der Waals surface area contributed by atoms with E-state index in [0.29, 0.717) is 57.1 Å². The van der Waals surface area contributed by atoms with E-state index < -0.39 is 9.85 Å². The minimum absolute atomic E-state index is 0.0574. The number of benzene rings is 4. The summed E-state index contributed by atoms with van der Waals surface area (Å²) < 4.78 is 11.3. The molecule has 0 heterocycles. The van der Waals surface area contributed by atoms with E-state index in [-0.39, 0.29) is 65.1 Å². The molecule has 4 rings (SSSR count). The summed E-state index contributed by atoms with van der Waals surface area (Å²) in [5.74, 6) is -0.703. The van der Waals surface area contributed by atoms with Gasteiger partial charge in [0.25, 0.3) is 11.4 Å². The zero-order valence-electron chi connectivity index (χ0n) is 29.8. The molecule has 0 fully saturated rings. The van der Waals surface area contributed by atoms with Crippen LogP contribution in [-0.2, 0) is 19.1 Å². The molecule has 0 aliphatic rings. The minimum atomic E-state index is -0.514. The van der Waals surface area contributed by atoms with Crippen LogP contribution in [0.2, 0.25) is 0 Å². The van der Waals surface area contributed by atoms with Crippen molar-refractivity contribution in [3.63, 3.8) is 0 Å². The van der Waals surface area contributed by atoms with Crippen LogP contribution in [0.25, 0.3) is 0 Å². The molecule has 0 aromatic heterocycles. The zero-order chi connectivity index (χ0) is 38.0. The Kier molecular flexibility index (Phi) is 15.7. The van der Waals surface area contributed by atoms with Gasteiger partial charge in [-0.2, -0.15) is 0 Å². The first kappa shape index (κ1) is 39.9. The predicted octanol–water partition coefficient (Wildman–Crippen LogP) is 7.83. The Morgan fingerprint density at radius 1 is 0.642 bits per heavy atom. The van der Waals surface area contributed by atoms with Crippen molar-refractivity contribution in [3.8, 4) is 0 Å². The minimum Gasteiger partial charge on any atom is -0.353 e. The smallest absolute Gasteiger partial charge is 0.294 e. The highest BCUT2D eigenvalue weighted by Crippen LogP contribution is 2.32. The number of nitrogens with zero attached hydrogens (tertiary/aromatic N) is 3. The monoisotopic (exact) mass is 727 g/mol. The third kappa shape index (κ3) is 13.3. The summed E-state index contributed by atoms with van der Waals surface area (Å²) in [6.45, 7) is 5.91. The summed E-state index contributed by atoms with van der Waals surface area (Å²) in [5.41, 5.74) is 2.12. The molecule has 280 valence electrons. The number of nitro benzene ring substituents is 2. The molecule has 0 atom stereocenters. The van der Waals surface area contributed by atoms with Gasteiger partial charge in [0.05, 0.1) is 9.85 Å². The summed E-state index contributed by atoms with van der Waals surface area (Å²) in [4.78, 5) is 50.7. The maximum absolute atomic E-state index is 13.0. The van der Waals surface area contributed by atoms with E-state index in [0.717, 1.165) is 0 Å². The lowest BCUT2D eigenvalue weighted by Crippen LogP contribution is -2.32. The van der Waals surface area contributed by atoms with Crippen LogP contribution in [0.4, 0.5) is 45.5 Å². The molecule has 0 saturated heterocycles. The fourth-order valence-corrected chi connectivity index (χ4v) is 5.46. The van der Waals surface area contributed by atoms with Crippen LogP contribution >= 0.6 is 0 Å². The van der Waals surface area contributed by atoms with Gasteiger partial charge in [0.15, 0.2) is 6.29 Å². The number of anilines is 6. The molecule has 4 N–H and O–H groups in total. The number of ether oxygens (including phenoxy) is 2. The molecule has 0 aliphatic heterocycles. The van der Waals surface area contributed by atoms with Crippen LogP contribution in [-0.4, -0.2) is 65.7 Å². The van der Waals surface area contributed by atoms with Gasteiger partial charge >= 0.3 is 0 Å². The number of hydrogen-bond donors (Lipinski definition) is 4. The fourth-order valence-electron chi connectivity index (χ4n) is 5.46. The van der Waals surface area contributed by atoms with Crippen molar-refractivity contribution < 1.29 is 28.9 Å². The lowest BCUT2D eigenvalue weighted by Gasteiger charge is -2.23. The van der Waals surface area contributed by atoms with Crippen molar-refractivity contribution in [2.24, 2.45) is 0 Å². The number of carbonyl (C=O) groups is 2. The van der Waals surface area contributed by atoms with Gasteiger partial charge in [-0.15, -0.1) is 0 Å². The summed E-state index contributed by atoms with van der Waals surface area (Å²) in [6.07, 6.45) is 1.02. The summed E-state index contributed by atoms with van der Waals surface area (Å²) in [7, 11) is 0. The summed E-state index contributed by atoms with van der Waals surface area (Å²) >= 11 is 0. The lowest BCUT2D eigenvalue weighted by molar-refractivity contribution is -0.384. The first-order chi connectivity index (χ1) is 25.6. The fraction of sp³-hybridized carbons (Fsp3) is 0.316. The summed E-state index contributed by atoms with van der Waals surface area (Å²) in [5, 5.41) is 35.2. The second-order valence-electron chi connectivity index (χ2n) is 11.9. The molecule has 0 saturated carbocycles. The molecule has 4 aromatic rings. The van der Waals surface area contributed by atoms with Crippen molar-refractivity contribution in [2.45, 2.75) is 45.8 Å². The van der Waals surface area contributed by atoms with Crippen LogP contribution in [0.15, 0.2) is 97.1 Å². The van der Waals surface area contributed by atoms with Crippen LogP contribution in [0.1, 0.15) is 39.5 Å². The standard InChI is InChI=1S/C38H45N7O8/c1-3-52-38(53-4-2)16-11-23-43(24-21-36(46)41-30-17-19-32(34(26-30)44(48)49)39-28-12-7-5-8-13-28)25-22-37(47)42-31-18-20-33(35(27-31)45(50)51)40-29-14-9-6-10-15-29/h5-10,12-15,17-20,26-27,38-40H,3-4,11,16,21-25H2,1-2H3,(H,41,46)(H,42,47). The van der Waals surface area contributed by atoms with Crippen molar-refractivity contribution in [3.05, 3.63) is 117 Å². The lowest BCUT2D eigenvalue weighted by atomic mass is 10.2. The zero-order valence-corrected chi connectivity index (χ0v) is 29.8. The van der Waals surface area contributed by atoms with E-state index in [1.165, 1.54) is 12.1 Å². The first-order valence-electron chi connectivity index (χ1n) is 17.4. The maximum atomic E-state index is 13.0. The van der Waals surface area contributed by atoms with Gasteiger partial charge in [-0.3, -0.25) is 29.8 Å². The Bertz CT molecular complexity index is 1680. The van der Waals surface area contributed by atoms with Crippen LogP contribution in [0.5, 0.6) is 0 Å². The molecular weight excluding hydrogens is 682 g/mol. The third-order valence-corrected chi connectivity index (χ3v) is 7.99. The number of nitro groups is 2. The van der Waals surface area contributed by atoms with E-state index in [2.05, 4.69) is 21.3 Å². The number of nitrogens with one attached hydrogen (secondary N) is 4. The molecule has 15 nitrogen and oxygen atoms in total. The molecule has 2 amide bonds. The average molecular weight is 728 g/mol. The van der Waals surface area contributed by atoms with Gasteiger partial charge in [-0.1, -0.05) is 36.4 Å². The molecule has 0 spiro atoms. The quantitative estimate of drug-likeness (QED) is 0.0351. The molecular formula is C38H45N7O8. The van der Waals surface area contributed by atoms with Crippen molar-refractivity contribution in [2.75, 3.05) is 54.1 Å². The Morgan fingerprint density at radius 2 is 1.08 bits per heavy atom. The second-order valence-corrected chi connectivity index (χ2v) is 11.9. The Balaban J connectivity index is 1.37. The summed E-state index contributed by atoms with van der Waals surface area (Å²) in [6, 6.07) is 27.0. The van der Waals surface area contributed by atoms with Gasteiger partial charge in [-0.25, -0.2) is 0 Å². The van der Waals surface area contributed by atoms with Crippen LogP contribution in [0.3, 0.4) is 0 Å². The highest BCUT2D eigenvalue weighted by molar-refractivity contribution is 5.93. The Labute approximate surface area is 308 Å². The van der Waals surface area contributed by atoms with Crippen molar-refractivity contribution in [1.29, 1.82) is 0 Å². The topological polar surface area (TPSA) is 190 Å². The van der Waals surface area contributed by atoms with Gasteiger partial charge in [0, 0.05) is 74.0 Å². The predicted molar refractivity (Wildman–Crippen MR) is 205 cm³/mol.